The second kappa shape index (κ2) is 6.33. The van der Waals surface area contributed by atoms with Crippen molar-refractivity contribution in [2.75, 3.05) is 13.1 Å². The van der Waals surface area contributed by atoms with E-state index in [-0.39, 0.29) is 4.87 Å². The molecule has 0 amide bonds. The van der Waals surface area contributed by atoms with Crippen LogP contribution in [0.2, 0.25) is 0 Å². The highest BCUT2D eigenvalue weighted by atomic mass is 35.5. The highest BCUT2D eigenvalue weighted by molar-refractivity contribution is 7.89. The van der Waals surface area contributed by atoms with Gasteiger partial charge in [0.2, 0.25) is 10.0 Å². The summed E-state index contributed by atoms with van der Waals surface area (Å²) in [5.74, 6) is 2.78. The van der Waals surface area contributed by atoms with Gasteiger partial charge in [-0.3, -0.25) is 0 Å². The summed E-state index contributed by atoms with van der Waals surface area (Å²) in [4.78, 5) is 0.0811. The summed E-state index contributed by atoms with van der Waals surface area (Å²) in [6.45, 7) is 2.98. The molecule has 3 nitrogen and oxygen atoms in total. The SMILES string of the molecule is Cc1ccc(S(=O)(=O)N2CCC=C(C3(Cl)C4CC5CC(C4)CC3C5)C2)cc1. The fourth-order valence-electron chi connectivity index (χ4n) is 6.45. The first-order valence-electron chi connectivity index (χ1n) is 10.3. The molecule has 4 fully saturated rings. The fourth-order valence-corrected chi connectivity index (χ4v) is 8.38. The van der Waals surface area contributed by atoms with Crippen molar-refractivity contribution in [3.63, 3.8) is 0 Å². The van der Waals surface area contributed by atoms with E-state index in [1.165, 1.54) is 37.7 Å². The van der Waals surface area contributed by atoms with Gasteiger partial charge in [0.05, 0.1) is 9.77 Å². The van der Waals surface area contributed by atoms with Crippen LogP contribution in [0.1, 0.15) is 44.1 Å². The van der Waals surface area contributed by atoms with Gasteiger partial charge in [0.15, 0.2) is 0 Å². The first-order chi connectivity index (χ1) is 12.9. The fraction of sp³-hybridized carbons (Fsp3) is 0.636. The zero-order valence-corrected chi connectivity index (χ0v) is 17.5. The summed E-state index contributed by atoms with van der Waals surface area (Å²) in [6.07, 6.45) is 9.36. The van der Waals surface area contributed by atoms with Crippen molar-refractivity contribution in [1.29, 1.82) is 0 Å². The van der Waals surface area contributed by atoms with Crippen LogP contribution < -0.4 is 0 Å². The Hall–Kier alpha value is -0.840. The molecule has 5 heteroatoms. The van der Waals surface area contributed by atoms with Gasteiger partial charge in [-0.2, -0.15) is 4.31 Å². The minimum atomic E-state index is -3.47. The molecule has 0 saturated heterocycles. The first-order valence-corrected chi connectivity index (χ1v) is 12.1. The Kier molecular flexibility index (Phi) is 4.27. The quantitative estimate of drug-likeness (QED) is 0.537. The minimum Gasteiger partial charge on any atom is -0.207 e. The lowest BCUT2D eigenvalue weighted by Crippen LogP contribution is -2.57. The second-order valence-electron chi connectivity index (χ2n) is 9.24. The lowest BCUT2D eigenvalue weighted by atomic mass is 9.50. The molecule has 4 saturated carbocycles. The molecule has 4 aliphatic carbocycles. The second-order valence-corrected chi connectivity index (χ2v) is 11.8. The zero-order chi connectivity index (χ0) is 18.8. The highest BCUT2D eigenvalue weighted by Crippen LogP contribution is 2.63. The average Bonchev–Trinajstić information content (AvgIpc) is 2.66. The lowest BCUT2D eigenvalue weighted by Gasteiger charge is -2.60. The molecule has 1 aromatic rings. The van der Waals surface area contributed by atoms with Crippen LogP contribution in [0, 0.1) is 30.6 Å². The predicted molar refractivity (Wildman–Crippen MR) is 108 cm³/mol. The molecule has 0 atom stereocenters. The highest BCUT2D eigenvalue weighted by Gasteiger charge is 2.58. The number of aryl methyl sites for hydroxylation is 1. The summed E-state index contributed by atoms with van der Waals surface area (Å²) < 4.78 is 28.0. The molecule has 1 heterocycles. The smallest absolute Gasteiger partial charge is 0.207 e. The van der Waals surface area contributed by atoms with Crippen LogP contribution in [-0.2, 0) is 10.0 Å². The molecule has 146 valence electrons. The van der Waals surface area contributed by atoms with Gasteiger partial charge in [0.25, 0.3) is 0 Å². The van der Waals surface area contributed by atoms with Crippen molar-refractivity contribution in [2.45, 2.75) is 55.2 Å². The van der Waals surface area contributed by atoms with Crippen LogP contribution in [0.3, 0.4) is 0 Å². The molecule has 0 unspecified atom stereocenters. The first kappa shape index (κ1) is 18.2. The van der Waals surface area contributed by atoms with Crippen molar-refractivity contribution >= 4 is 21.6 Å². The van der Waals surface area contributed by atoms with E-state index < -0.39 is 10.0 Å². The van der Waals surface area contributed by atoms with Crippen LogP contribution in [0.4, 0.5) is 0 Å². The number of hydrogen-bond acceptors (Lipinski definition) is 2. The van der Waals surface area contributed by atoms with E-state index in [4.69, 9.17) is 11.6 Å². The Bertz CT molecular complexity index is 846. The number of sulfonamides is 1. The van der Waals surface area contributed by atoms with Gasteiger partial charge in [-0.1, -0.05) is 23.8 Å². The third kappa shape index (κ3) is 2.82. The number of rotatable bonds is 3. The Balaban J connectivity index is 1.43. The summed E-state index contributed by atoms with van der Waals surface area (Å²) in [7, 11) is -3.47. The molecule has 0 spiro atoms. The number of nitrogens with zero attached hydrogens (tertiary/aromatic N) is 1. The van der Waals surface area contributed by atoms with Gasteiger partial charge >= 0.3 is 0 Å². The molecule has 0 N–H and O–H groups in total. The summed E-state index contributed by atoms with van der Waals surface area (Å²) in [6, 6.07) is 7.19. The normalized spacial score (nSPS) is 38.8. The van der Waals surface area contributed by atoms with Crippen LogP contribution in [-0.4, -0.2) is 30.7 Å². The molecule has 1 aliphatic heterocycles. The van der Waals surface area contributed by atoms with Crippen LogP contribution >= 0.6 is 11.6 Å². The van der Waals surface area contributed by atoms with E-state index in [1.54, 1.807) is 16.4 Å². The van der Waals surface area contributed by atoms with Crippen molar-refractivity contribution in [1.82, 2.24) is 4.31 Å². The van der Waals surface area contributed by atoms with Gasteiger partial charge in [0.1, 0.15) is 0 Å². The largest absolute Gasteiger partial charge is 0.243 e. The molecule has 0 radical (unpaired) electrons. The van der Waals surface area contributed by atoms with Gasteiger partial charge in [-0.05, 0) is 86.8 Å². The van der Waals surface area contributed by atoms with Crippen LogP contribution in [0.25, 0.3) is 0 Å². The zero-order valence-electron chi connectivity index (χ0n) is 15.9. The maximum Gasteiger partial charge on any atom is 0.243 e. The molecule has 6 rings (SSSR count). The average molecular weight is 406 g/mol. The predicted octanol–water partition coefficient (Wildman–Crippen LogP) is 4.75. The number of alkyl halides is 1. The molecular weight excluding hydrogens is 378 g/mol. The van der Waals surface area contributed by atoms with Crippen molar-refractivity contribution < 1.29 is 8.42 Å². The van der Waals surface area contributed by atoms with E-state index in [2.05, 4.69) is 6.08 Å². The van der Waals surface area contributed by atoms with Gasteiger partial charge < -0.3 is 0 Å². The van der Waals surface area contributed by atoms with Crippen LogP contribution in [0.15, 0.2) is 40.8 Å². The summed E-state index contributed by atoms with van der Waals surface area (Å²) >= 11 is 7.40. The third-order valence-corrected chi connectivity index (χ3v) is 10.3. The van der Waals surface area contributed by atoms with E-state index in [9.17, 15) is 8.42 Å². The maximum absolute atomic E-state index is 13.2. The monoisotopic (exact) mass is 405 g/mol. The van der Waals surface area contributed by atoms with Crippen molar-refractivity contribution in [2.24, 2.45) is 23.7 Å². The topological polar surface area (TPSA) is 37.4 Å². The van der Waals surface area contributed by atoms with Gasteiger partial charge in [-0.25, -0.2) is 8.42 Å². The van der Waals surface area contributed by atoms with Crippen LogP contribution in [0.5, 0.6) is 0 Å². The molecule has 1 aromatic carbocycles. The lowest BCUT2D eigenvalue weighted by molar-refractivity contribution is -0.00839. The van der Waals surface area contributed by atoms with E-state index in [0.29, 0.717) is 29.8 Å². The minimum absolute atomic E-state index is 0.311. The molecular formula is C22H28ClNO2S. The number of hydrogen-bond donors (Lipinski definition) is 0. The van der Waals surface area contributed by atoms with Crippen molar-refractivity contribution in [3.8, 4) is 0 Å². The molecule has 0 aromatic heterocycles. The summed E-state index contributed by atoms with van der Waals surface area (Å²) in [5, 5.41) is 0. The van der Waals surface area contributed by atoms with E-state index >= 15 is 0 Å². The van der Waals surface area contributed by atoms with Gasteiger partial charge in [0, 0.05) is 13.1 Å². The standard InChI is InChI=1S/C22H28ClNO2S/c1-15-4-6-21(7-5-15)27(25,26)24-8-2-3-18(14-24)22(23)19-10-16-9-17(12-19)13-20(22)11-16/h3-7,16-17,19-20H,2,8-14H2,1H3. The van der Waals surface area contributed by atoms with Gasteiger partial charge in [-0.15, -0.1) is 11.6 Å². The van der Waals surface area contributed by atoms with E-state index in [1.807, 2.05) is 19.1 Å². The Morgan fingerprint density at radius 1 is 1.00 bits per heavy atom. The Morgan fingerprint density at radius 2 is 1.59 bits per heavy atom. The third-order valence-electron chi connectivity index (χ3n) is 7.59. The number of halogens is 1. The Morgan fingerprint density at radius 3 is 2.19 bits per heavy atom. The summed E-state index contributed by atoms with van der Waals surface area (Å²) in [5.41, 5.74) is 2.25. The molecule has 5 aliphatic rings. The number of benzene rings is 1. The molecule has 27 heavy (non-hydrogen) atoms. The molecule has 4 bridgehead atoms. The van der Waals surface area contributed by atoms with E-state index in [0.717, 1.165) is 23.8 Å². The Labute approximate surface area is 167 Å². The maximum atomic E-state index is 13.2. The van der Waals surface area contributed by atoms with Crippen molar-refractivity contribution in [3.05, 3.63) is 41.5 Å².